The summed E-state index contributed by atoms with van der Waals surface area (Å²) >= 11 is 7.81. The van der Waals surface area contributed by atoms with Crippen molar-refractivity contribution in [2.45, 2.75) is 16.5 Å². The normalized spacial score (nSPS) is 10.8. The van der Waals surface area contributed by atoms with Crippen LogP contribution in [0.1, 0.15) is 5.56 Å². The van der Waals surface area contributed by atoms with Gasteiger partial charge in [-0.1, -0.05) is 29.4 Å². The zero-order valence-electron chi connectivity index (χ0n) is 9.56. The summed E-state index contributed by atoms with van der Waals surface area (Å²) in [5.41, 5.74) is 6.71. The summed E-state index contributed by atoms with van der Waals surface area (Å²) < 4.78 is 1.98. The molecule has 0 radical (unpaired) electrons. The van der Waals surface area contributed by atoms with Crippen LogP contribution < -0.4 is 5.73 Å². The molecule has 0 aliphatic carbocycles. The fourth-order valence-corrected chi connectivity index (χ4v) is 2.89. The molecule has 2 aromatic rings. The van der Waals surface area contributed by atoms with Gasteiger partial charge < -0.3 is 10.3 Å². The van der Waals surface area contributed by atoms with Crippen LogP contribution in [0.5, 0.6) is 0 Å². The molecule has 0 fully saturated rings. The van der Waals surface area contributed by atoms with Crippen LogP contribution in [0.25, 0.3) is 0 Å². The fraction of sp³-hybridized carbons (Fsp3) is 0.250. The first-order valence-electron chi connectivity index (χ1n) is 5.35. The molecule has 0 atom stereocenters. The van der Waals surface area contributed by atoms with E-state index in [1.807, 2.05) is 29.9 Å². The summed E-state index contributed by atoms with van der Waals surface area (Å²) in [6.45, 7) is 0.595. The van der Waals surface area contributed by atoms with Gasteiger partial charge in [0.05, 0.1) is 0 Å². The van der Waals surface area contributed by atoms with Crippen LogP contribution in [0.3, 0.4) is 0 Å². The third-order valence-electron chi connectivity index (χ3n) is 2.45. The molecule has 0 saturated heterocycles. The smallest absolute Gasteiger partial charge is 0.172 e. The van der Waals surface area contributed by atoms with Gasteiger partial charge in [0.15, 0.2) is 5.16 Å². The lowest BCUT2D eigenvalue weighted by atomic mass is 10.1. The standard InChI is InChI=1S/C12H14ClN3S/c1-16-8-7-15-12(16)17-11-4-2-3-10(13)9(11)5-6-14/h2-4,7-8H,5-6,14H2,1H3. The Labute approximate surface area is 110 Å². The highest BCUT2D eigenvalue weighted by molar-refractivity contribution is 7.99. The molecule has 2 rings (SSSR count). The highest BCUT2D eigenvalue weighted by Gasteiger charge is 2.09. The minimum Gasteiger partial charge on any atom is -0.330 e. The molecule has 1 aromatic heterocycles. The highest BCUT2D eigenvalue weighted by Crippen LogP contribution is 2.32. The molecule has 0 saturated carbocycles. The number of hydrogen-bond acceptors (Lipinski definition) is 3. The minimum absolute atomic E-state index is 0.595. The summed E-state index contributed by atoms with van der Waals surface area (Å²) in [6.07, 6.45) is 4.50. The number of imidazole rings is 1. The molecular formula is C12H14ClN3S. The Morgan fingerprint density at radius 1 is 1.47 bits per heavy atom. The van der Waals surface area contributed by atoms with Crippen molar-refractivity contribution in [3.05, 3.63) is 41.2 Å². The van der Waals surface area contributed by atoms with Crippen molar-refractivity contribution in [3.8, 4) is 0 Å². The molecule has 0 bridgehead atoms. The van der Waals surface area contributed by atoms with E-state index in [1.54, 1.807) is 18.0 Å². The van der Waals surface area contributed by atoms with Gasteiger partial charge >= 0.3 is 0 Å². The molecular weight excluding hydrogens is 254 g/mol. The number of aromatic nitrogens is 2. The SMILES string of the molecule is Cn1ccnc1Sc1cccc(Cl)c1CCN. The molecule has 5 heteroatoms. The number of rotatable bonds is 4. The molecule has 0 unspecified atom stereocenters. The van der Waals surface area contributed by atoms with Crippen molar-refractivity contribution < 1.29 is 0 Å². The Bertz CT molecular complexity index is 510. The van der Waals surface area contributed by atoms with E-state index in [4.69, 9.17) is 17.3 Å². The van der Waals surface area contributed by atoms with Gasteiger partial charge in [-0.3, -0.25) is 0 Å². The molecule has 2 N–H and O–H groups in total. The third kappa shape index (κ3) is 2.83. The maximum Gasteiger partial charge on any atom is 0.172 e. The topological polar surface area (TPSA) is 43.8 Å². The van der Waals surface area contributed by atoms with Crippen LogP contribution in [0.4, 0.5) is 0 Å². The molecule has 0 spiro atoms. The molecule has 17 heavy (non-hydrogen) atoms. The van der Waals surface area contributed by atoms with E-state index in [2.05, 4.69) is 11.1 Å². The van der Waals surface area contributed by atoms with Crippen LogP contribution in [0, 0.1) is 0 Å². The number of nitrogens with two attached hydrogens (primary N) is 1. The predicted molar refractivity (Wildman–Crippen MR) is 71.5 cm³/mol. The van der Waals surface area contributed by atoms with E-state index < -0.39 is 0 Å². The van der Waals surface area contributed by atoms with Crippen molar-refractivity contribution in [1.29, 1.82) is 0 Å². The van der Waals surface area contributed by atoms with Gasteiger partial charge in [-0.25, -0.2) is 4.98 Å². The summed E-state index contributed by atoms with van der Waals surface area (Å²) in [5.74, 6) is 0. The second-order valence-corrected chi connectivity index (χ2v) is 5.09. The first-order chi connectivity index (χ1) is 8.22. The Morgan fingerprint density at radius 2 is 2.29 bits per heavy atom. The maximum atomic E-state index is 6.19. The first kappa shape index (κ1) is 12.5. The molecule has 0 aliphatic heterocycles. The lowest BCUT2D eigenvalue weighted by Gasteiger charge is -2.09. The lowest BCUT2D eigenvalue weighted by molar-refractivity contribution is 0.789. The van der Waals surface area contributed by atoms with Gasteiger partial charge in [-0.05, 0) is 30.7 Å². The predicted octanol–water partition coefficient (Wildman–Crippen LogP) is 2.73. The maximum absolute atomic E-state index is 6.19. The molecule has 1 aromatic carbocycles. The minimum atomic E-state index is 0.595. The fourth-order valence-electron chi connectivity index (χ4n) is 1.57. The summed E-state index contributed by atoms with van der Waals surface area (Å²) in [4.78, 5) is 5.42. The highest BCUT2D eigenvalue weighted by atomic mass is 35.5. The van der Waals surface area contributed by atoms with E-state index in [0.717, 1.165) is 27.1 Å². The monoisotopic (exact) mass is 267 g/mol. The van der Waals surface area contributed by atoms with Gasteiger partial charge in [0.1, 0.15) is 0 Å². The summed E-state index contributed by atoms with van der Waals surface area (Å²) in [6, 6.07) is 5.90. The van der Waals surface area contributed by atoms with Crippen LogP contribution in [0.15, 0.2) is 40.6 Å². The van der Waals surface area contributed by atoms with Gasteiger partial charge in [0, 0.05) is 29.4 Å². The van der Waals surface area contributed by atoms with E-state index >= 15 is 0 Å². The Morgan fingerprint density at radius 3 is 2.94 bits per heavy atom. The van der Waals surface area contributed by atoms with E-state index in [1.165, 1.54) is 0 Å². The van der Waals surface area contributed by atoms with Crippen molar-refractivity contribution in [2.75, 3.05) is 6.54 Å². The molecule has 1 heterocycles. The lowest BCUT2D eigenvalue weighted by Crippen LogP contribution is -2.04. The molecule has 0 aliphatic rings. The molecule has 90 valence electrons. The third-order valence-corrected chi connectivity index (χ3v) is 3.98. The largest absolute Gasteiger partial charge is 0.330 e. The van der Waals surface area contributed by atoms with Crippen molar-refractivity contribution >= 4 is 23.4 Å². The average Bonchev–Trinajstić information content (AvgIpc) is 2.70. The zero-order chi connectivity index (χ0) is 12.3. The second kappa shape index (κ2) is 5.58. The Hall–Kier alpha value is -0.970. The van der Waals surface area contributed by atoms with Crippen molar-refractivity contribution in [3.63, 3.8) is 0 Å². The summed E-state index contributed by atoms with van der Waals surface area (Å²) in [5, 5.41) is 1.72. The van der Waals surface area contributed by atoms with E-state index in [-0.39, 0.29) is 0 Å². The van der Waals surface area contributed by atoms with E-state index in [0.29, 0.717) is 6.54 Å². The molecule has 3 nitrogen and oxygen atoms in total. The zero-order valence-corrected chi connectivity index (χ0v) is 11.1. The van der Waals surface area contributed by atoms with Crippen molar-refractivity contribution in [1.82, 2.24) is 9.55 Å². The van der Waals surface area contributed by atoms with Crippen LogP contribution in [0.2, 0.25) is 5.02 Å². The summed E-state index contributed by atoms with van der Waals surface area (Å²) in [7, 11) is 1.97. The number of benzene rings is 1. The van der Waals surface area contributed by atoms with Gasteiger partial charge in [-0.15, -0.1) is 0 Å². The van der Waals surface area contributed by atoms with E-state index in [9.17, 15) is 0 Å². The number of nitrogens with zero attached hydrogens (tertiary/aromatic N) is 2. The quantitative estimate of drug-likeness (QED) is 0.926. The van der Waals surface area contributed by atoms with Gasteiger partial charge in [-0.2, -0.15) is 0 Å². The van der Waals surface area contributed by atoms with Crippen LogP contribution >= 0.6 is 23.4 Å². The second-order valence-electron chi connectivity index (χ2n) is 3.68. The van der Waals surface area contributed by atoms with Gasteiger partial charge in [0.25, 0.3) is 0 Å². The first-order valence-corrected chi connectivity index (χ1v) is 6.54. The van der Waals surface area contributed by atoms with Gasteiger partial charge in [0.2, 0.25) is 0 Å². The number of aryl methyl sites for hydroxylation is 1. The average molecular weight is 268 g/mol. The number of halogens is 1. The van der Waals surface area contributed by atoms with Crippen LogP contribution in [-0.2, 0) is 13.5 Å². The van der Waals surface area contributed by atoms with Crippen molar-refractivity contribution in [2.24, 2.45) is 12.8 Å². The Balaban J connectivity index is 2.32. The van der Waals surface area contributed by atoms with Crippen LogP contribution in [-0.4, -0.2) is 16.1 Å². The number of hydrogen-bond donors (Lipinski definition) is 1. The Kier molecular flexibility index (Phi) is 4.10. The molecule has 0 amide bonds.